The second-order valence-electron chi connectivity index (χ2n) is 5.62. The molecule has 19 heavy (non-hydrogen) atoms. The molecule has 2 aliphatic rings. The number of fused-ring (bicyclic) bond motifs is 2. The smallest absolute Gasteiger partial charge is 0.260 e. The molecule has 2 unspecified atom stereocenters. The lowest BCUT2D eigenvalue weighted by Crippen LogP contribution is -2.48. The zero-order valence-electron chi connectivity index (χ0n) is 11.3. The maximum Gasteiger partial charge on any atom is 0.260 e. The highest BCUT2D eigenvalue weighted by atomic mass is 32.2. The van der Waals surface area contributed by atoms with E-state index in [-0.39, 0.29) is 11.1 Å². The minimum absolute atomic E-state index is 0.0901. The van der Waals surface area contributed by atoms with Crippen LogP contribution in [0.1, 0.15) is 31.5 Å². The minimum Gasteiger partial charge on any atom is -0.332 e. The molecule has 0 aromatic carbocycles. The first-order chi connectivity index (χ1) is 8.96. The zero-order valence-corrected chi connectivity index (χ0v) is 12.1. The van der Waals surface area contributed by atoms with Gasteiger partial charge in [-0.25, -0.2) is 13.4 Å². The fourth-order valence-electron chi connectivity index (χ4n) is 3.20. The third kappa shape index (κ3) is 2.30. The molecule has 3 heterocycles. The molecule has 2 aliphatic heterocycles. The summed E-state index contributed by atoms with van der Waals surface area (Å²) < 4.78 is 26.5. The number of H-pyrrole nitrogens is 1. The molecule has 2 N–H and O–H groups in total. The van der Waals surface area contributed by atoms with Crippen LogP contribution < -0.4 is 5.32 Å². The maximum absolute atomic E-state index is 12.5. The summed E-state index contributed by atoms with van der Waals surface area (Å²) in [6, 6.07) is 1.04. The van der Waals surface area contributed by atoms with Crippen molar-refractivity contribution in [3.05, 3.63) is 12.0 Å². The first kappa shape index (κ1) is 13.1. The van der Waals surface area contributed by atoms with Crippen molar-refractivity contribution in [1.82, 2.24) is 19.6 Å². The summed E-state index contributed by atoms with van der Waals surface area (Å²) >= 11 is 0. The first-order valence-corrected chi connectivity index (χ1v) is 8.16. The van der Waals surface area contributed by atoms with Crippen LogP contribution in [0.3, 0.4) is 0 Å². The third-order valence-electron chi connectivity index (χ3n) is 4.30. The summed E-state index contributed by atoms with van der Waals surface area (Å²) in [5, 5.41) is 3.72. The van der Waals surface area contributed by atoms with Gasteiger partial charge in [-0.05, 0) is 32.6 Å². The highest BCUT2D eigenvalue weighted by Crippen LogP contribution is 2.31. The van der Waals surface area contributed by atoms with E-state index >= 15 is 0 Å². The number of hydrogen-bond donors (Lipinski definition) is 2. The van der Waals surface area contributed by atoms with E-state index in [2.05, 4.69) is 15.3 Å². The second-order valence-corrected chi connectivity index (χ2v) is 7.58. The van der Waals surface area contributed by atoms with Gasteiger partial charge in [-0.3, -0.25) is 0 Å². The van der Waals surface area contributed by atoms with E-state index < -0.39 is 10.0 Å². The van der Waals surface area contributed by atoms with E-state index in [1.165, 1.54) is 10.5 Å². The summed E-state index contributed by atoms with van der Waals surface area (Å²) in [6.07, 6.45) is 5.53. The summed E-state index contributed by atoms with van der Waals surface area (Å²) in [5.41, 5.74) is 0. The van der Waals surface area contributed by atoms with Crippen molar-refractivity contribution in [3.8, 4) is 0 Å². The summed E-state index contributed by atoms with van der Waals surface area (Å²) in [7, 11) is -1.77. The van der Waals surface area contributed by atoms with Crippen molar-refractivity contribution < 1.29 is 8.42 Å². The molecular weight excluding hydrogens is 264 g/mol. The number of piperidine rings is 1. The van der Waals surface area contributed by atoms with Crippen LogP contribution in [0.25, 0.3) is 0 Å². The molecule has 2 fully saturated rings. The zero-order chi connectivity index (χ0) is 13.6. The Hall–Kier alpha value is -0.920. The van der Waals surface area contributed by atoms with Gasteiger partial charge in [0.1, 0.15) is 5.82 Å². The number of rotatable bonds is 3. The van der Waals surface area contributed by atoms with Gasteiger partial charge in [0.2, 0.25) is 0 Å². The Morgan fingerprint density at radius 3 is 2.47 bits per heavy atom. The standard InChI is InChI=1S/C12H20N4O2S/c1-8-13-7-12(14-8)19(17,18)16(2)11-5-9-3-4-10(6-11)15-9/h7,9-11,15H,3-6H2,1-2H3,(H,13,14). The van der Waals surface area contributed by atoms with Crippen LogP contribution in [0.2, 0.25) is 0 Å². The highest BCUT2D eigenvalue weighted by Gasteiger charge is 2.39. The van der Waals surface area contributed by atoms with Crippen molar-refractivity contribution in [1.29, 1.82) is 0 Å². The molecule has 0 spiro atoms. The fraction of sp³-hybridized carbons (Fsp3) is 0.750. The predicted molar refractivity (Wildman–Crippen MR) is 71.2 cm³/mol. The number of aryl methyl sites for hydroxylation is 1. The summed E-state index contributed by atoms with van der Waals surface area (Å²) in [5.74, 6) is 0.623. The molecule has 0 radical (unpaired) electrons. The molecule has 0 amide bonds. The van der Waals surface area contributed by atoms with Gasteiger partial charge in [-0.2, -0.15) is 4.31 Å². The average Bonchev–Trinajstić information content (AvgIpc) is 2.95. The minimum atomic E-state index is -3.45. The number of hydrogen-bond acceptors (Lipinski definition) is 4. The van der Waals surface area contributed by atoms with Crippen molar-refractivity contribution in [3.63, 3.8) is 0 Å². The second kappa shape index (κ2) is 4.57. The van der Waals surface area contributed by atoms with Crippen molar-refractivity contribution in [2.24, 2.45) is 0 Å². The van der Waals surface area contributed by atoms with E-state index in [0.717, 1.165) is 25.7 Å². The molecule has 7 heteroatoms. The van der Waals surface area contributed by atoms with Crippen molar-refractivity contribution >= 4 is 10.0 Å². The number of imidazole rings is 1. The molecule has 2 atom stereocenters. The number of nitrogens with zero attached hydrogens (tertiary/aromatic N) is 2. The molecule has 3 rings (SSSR count). The third-order valence-corrected chi connectivity index (χ3v) is 6.12. The molecule has 2 bridgehead atoms. The van der Waals surface area contributed by atoms with Crippen LogP contribution in [0, 0.1) is 6.92 Å². The number of sulfonamides is 1. The molecule has 1 aromatic rings. The SMILES string of the molecule is Cc1ncc(S(=O)(=O)N(C)C2CC3CCC(C2)N3)[nH]1. The lowest BCUT2D eigenvalue weighted by atomic mass is 10.0. The summed E-state index contributed by atoms with van der Waals surface area (Å²) in [4.78, 5) is 6.80. The van der Waals surface area contributed by atoms with Crippen LogP contribution in [0.15, 0.2) is 11.2 Å². The Morgan fingerprint density at radius 1 is 1.32 bits per heavy atom. The quantitative estimate of drug-likeness (QED) is 0.853. The van der Waals surface area contributed by atoms with Gasteiger partial charge in [0, 0.05) is 25.2 Å². The largest absolute Gasteiger partial charge is 0.332 e. The molecular formula is C12H20N4O2S. The molecule has 0 aliphatic carbocycles. The van der Waals surface area contributed by atoms with E-state index in [1.54, 1.807) is 14.0 Å². The summed E-state index contributed by atoms with van der Waals surface area (Å²) in [6.45, 7) is 1.75. The maximum atomic E-state index is 12.5. The van der Waals surface area contributed by atoms with Gasteiger partial charge in [0.05, 0.1) is 6.20 Å². The lowest BCUT2D eigenvalue weighted by Gasteiger charge is -2.34. The van der Waals surface area contributed by atoms with Crippen LogP contribution in [-0.4, -0.2) is 47.9 Å². The number of nitrogens with one attached hydrogen (secondary N) is 2. The van der Waals surface area contributed by atoms with Gasteiger partial charge in [-0.1, -0.05) is 0 Å². The van der Waals surface area contributed by atoms with Crippen LogP contribution >= 0.6 is 0 Å². The molecule has 106 valence electrons. The molecule has 0 saturated carbocycles. The van der Waals surface area contributed by atoms with Crippen molar-refractivity contribution in [2.45, 2.75) is 55.8 Å². The van der Waals surface area contributed by atoms with Gasteiger partial charge >= 0.3 is 0 Å². The first-order valence-electron chi connectivity index (χ1n) is 6.72. The van der Waals surface area contributed by atoms with E-state index in [0.29, 0.717) is 17.9 Å². The van der Waals surface area contributed by atoms with Gasteiger partial charge in [-0.15, -0.1) is 0 Å². The highest BCUT2D eigenvalue weighted by molar-refractivity contribution is 7.89. The Kier molecular flexibility index (Phi) is 3.15. The number of aromatic nitrogens is 2. The Bertz CT molecular complexity index is 556. The Labute approximate surface area is 113 Å². The normalized spacial score (nSPS) is 31.0. The number of aromatic amines is 1. The van der Waals surface area contributed by atoms with Gasteiger partial charge < -0.3 is 10.3 Å². The Morgan fingerprint density at radius 2 is 1.95 bits per heavy atom. The molecule has 6 nitrogen and oxygen atoms in total. The average molecular weight is 284 g/mol. The van der Waals surface area contributed by atoms with Gasteiger partial charge in [0.25, 0.3) is 10.0 Å². The van der Waals surface area contributed by atoms with E-state index in [9.17, 15) is 8.42 Å². The van der Waals surface area contributed by atoms with Crippen LogP contribution in [0.5, 0.6) is 0 Å². The topological polar surface area (TPSA) is 78.1 Å². The van der Waals surface area contributed by atoms with E-state index in [1.807, 2.05) is 0 Å². The van der Waals surface area contributed by atoms with Crippen LogP contribution in [0.4, 0.5) is 0 Å². The predicted octanol–water partition coefficient (Wildman–Crippen LogP) is 0.622. The van der Waals surface area contributed by atoms with E-state index in [4.69, 9.17) is 0 Å². The monoisotopic (exact) mass is 284 g/mol. The molecule has 2 saturated heterocycles. The lowest BCUT2D eigenvalue weighted by molar-refractivity contribution is 0.251. The Balaban J connectivity index is 1.81. The van der Waals surface area contributed by atoms with Gasteiger partial charge in [0.15, 0.2) is 5.03 Å². The molecule has 1 aromatic heterocycles. The van der Waals surface area contributed by atoms with Crippen LogP contribution in [-0.2, 0) is 10.0 Å². The fourth-order valence-corrected chi connectivity index (χ4v) is 4.54. The van der Waals surface area contributed by atoms with Crippen molar-refractivity contribution in [2.75, 3.05) is 7.05 Å².